The molecule has 0 spiro atoms. The molecule has 17 heavy (non-hydrogen) atoms. The lowest BCUT2D eigenvalue weighted by atomic mass is 9.99. The summed E-state index contributed by atoms with van der Waals surface area (Å²) in [6, 6.07) is 5.29. The maximum absolute atomic E-state index is 14.0. The van der Waals surface area contributed by atoms with Crippen LogP contribution in [0.2, 0.25) is 0 Å². The highest BCUT2D eigenvalue weighted by molar-refractivity contribution is 9.10. The SMILES string of the molecule is CNC(c1cccc(Br)c1F)C1CCC(C)O1. The van der Waals surface area contributed by atoms with Gasteiger partial charge in [0, 0.05) is 5.56 Å². The third kappa shape index (κ3) is 2.69. The Morgan fingerprint density at radius 2 is 2.24 bits per heavy atom. The highest BCUT2D eigenvalue weighted by Gasteiger charge is 2.31. The van der Waals surface area contributed by atoms with Crippen LogP contribution in [0.4, 0.5) is 4.39 Å². The van der Waals surface area contributed by atoms with Gasteiger partial charge in [0.15, 0.2) is 0 Å². The Labute approximate surface area is 110 Å². The minimum Gasteiger partial charge on any atom is -0.373 e. The molecule has 2 rings (SSSR count). The van der Waals surface area contributed by atoms with Gasteiger partial charge in [-0.2, -0.15) is 0 Å². The van der Waals surface area contributed by atoms with E-state index in [1.54, 1.807) is 6.07 Å². The van der Waals surface area contributed by atoms with Crippen molar-refractivity contribution in [3.8, 4) is 0 Å². The summed E-state index contributed by atoms with van der Waals surface area (Å²) in [5.74, 6) is -0.199. The molecule has 1 aliphatic heterocycles. The predicted molar refractivity (Wildman–Crippen MR) is 69.5 cm³/mol. The van der Waals surface area contributed by atoms with Gasteiger partial charge in [0.2, 0.25) is 0 Å². The molecule has 2 nitrogen and oxygen atoms in total. The van der Waals surface area contributed by atoms with Gasteiger partial charge >= 0.3 is 0 Å². The van der Waals surface area contributed by atoms with Gasteiger partial charge in [0.25, 0.3) is 0 Å². The Balaban J connectivity index is 2.26. The fraction of sp³-hybridized carbons (Fsp3) is 0.538. The van der Waals surface area contributed by atoms with Crippen LogP contribution in [0, 0.1) is 5.82 Å². The molecule has 4 heteroatoms. The van der Waals surface area contributed by atoms with Crippen molar-refractivity contribution in [2.75, 3.05) is 7.05 Å². The summed E-state index contributed by atoms with van der Waals surface area (Å²) in [6.07, 6.45) is 2.33. The van der Waals surface area contributed by atoms with Crippen LogP contribution in [0.25, 0.3) is 0 Å². The smallest absolute Gasteiger partial charge is 0.142 e. The summed E-state index contributed by atoms with van der Waals surface area (Å²) in [5, 5.41) is 3.16. The molecule has 0 amide bonds. The topological polar surface area (TPSA) is 21.3 Å². The number of halogens is 2. The first kappa shape index (κ1) is 13.0. The molecule has 1 aromatic carbocycles. The number of nitrogens with one attached hydrogen (secondary N) is 1. The van der Waals surface area contributed by atoms with Crippen LogP contribution in [-0.4, -0.2) is 19.3 Å². The zero-order valence-corrected chi connectivity index (χ0v) is 11.6. The molecule has 1 saturated heterocycles. The first-order chi connectivity index (χ1) is 8.13. The third-order valence-corrected chi connectivity index (χ3v) is 3.88. The lowest BCUT2D eigenvalue weighted by Gasteiger charge is -2.24. The van der Waals surface area contributed by atoms with Crippen molar-refractivity contribution >= 4 is 15.9 Å². The minimum absolute atomic E-state index is 0.0544. The second-order valence-corrected chi connectivity index (χ2v) is 5.33. The Morgan fingerprint density at radius 3 is 2.82 bits per heavy atom. The van der Waals surface area contributed by atoms with Gasteiger partial charge in [-0.25, -0.2) is 4.39 Å². The molecule has 1 aromatic rings. The maximum atomic E-state index is 14.0. The average molecular weight is 302 g/mol. The Bertz CT molecular complexity index is 399. The first-order valence-corrected chi connectivity index (χ1v) is 6.69. The number of ether oxygens (including phenoxy) is 1. The van der Waals surface area contributed by atoms with E-state index >= 15 is 0 Å². The van der Waals surface area contributed by atoms with Crippen molar-refractivity contribution in [3.05, 3.63) is 34.1 Å². The monoisotopic (exact) mass is 301 g/mol. The maximum Gasteiger partial charge on any atom is 0.142 e. The van der Waals surface area contributed by atoms with Gasteiger partial charge in [0.1, 0.15) is 5.82 Å². The summed E-state index contributed by atoms with van der Waals surface area (Å²) >= 11 is 3.22. The molecule has 3 unspecified atom stereocenters. The second-order valence-electron chi connectivity index (χ2n) is 4.47. The van der Waals surface area contributed by atoms with Crippen LogP contribution in [-0.2, 0) is 4.74 Å². The zero-order chi connectivity index (χ0) is 12.4. The van der Waals surface area contributed by atoms with Crippen LogP contribution >= 0.6 is 15.9 Å². The molecule has 0 aromatic heterocycles. The van der Waals surface area contributed by atoms with Crippen molar-refractivity contribution in [2.24, 2.45) is 0 Å². The fourth-order valence-corrected chi connectivity index (χ4v) is 2.76. The van der Waals surface area contributed by atoms with Crippen molar-refractivity contribution in [2.45, 2.75) is 38.0 Å². The molecule has 1 aliphatic rings. The molecule has 3 atom stereocenters. The number of benzene rings is 1. The van der Waals surface area contributed by atoms with Crippen LogP contribution < -0.4 is 5.32 Å². The van der Waals surface area contributed by atoms with Gasteiger partial charge in [-0.3, -0.25) is 0 Å². The number of hydrogen-bond donors (Lipinski definition) is 1. The van der Waals surface area contributed by atoms with Crippen LogP contribution in [0.15, 0.2) is 22.7 Å². The minimum atomic E-state index is -0.199. The van der Waals surface area contributed by atoms with E-state index < -0.39 is 0 Å². The predicted octanol–water partition coefficient (Wildman–Crippen LogP) is 3.42. The van der Waals surface area contributed by atoms with Crippen molar-refractivity contribution < 1.29 is 9.13 Å². The standard InChI is InChI=1S/C13H17BrFNO/c1-8-6-7-11(17-8)13(16-2)9-4-3-5-10(14)12(9)15/h3-5,8,11,13,16H,6-7H2,1-2H3. The van der Waals surface area contributed by atoms with Gasteiger partial charge in [-0.05, 0) is 48.8 Å². The molecule has 0 saturated carbocycles. The molecule has 1 N–H and O–H groups in total. The fourth-order valence-electron chi connectivity index (χ4n) is 2.38. The molecule has 0 aliphatic carbocycles. The second kappa shape index (κ2) is 5.46. The molecule has 94 valence electrons. The van der Waals surface area contributed by atoms with Gasteiger partial charge in [-0.15, -0.1) is 0 Å². The van der Waals surface area contributed by atoms with Gasteiger partial charge < -0.3 is 10.1 Å². The normalized spacial score (nSPS) is 26.1. The molecule has 0 radical (unpaired) electrons. The first-order valence-electron chi connectivity index (χ1n) is 5.90. The highest BCUT2D eigenvalue weighted by atomic mass is 79.9. The molecular formula is C13H17BrFNO. The molecular weight excluding hydrogens is 285 g/mol. The number of rotatable bonds is 3. The highest BCUT2D eigenvalue weighted by Crippen LogP contribution is 2.32. The van der Waals surface area contributed by atoms with Crippen molar-refractivity contribution in [1.29, 1.82) is 0 Å². The van der Waals surface area contributed by atoms with Crippen molar-refractivity contribution in [1.82, 2.24) is 5.32 Å². The Kier molecular flexibility index (Phi) is 4.17. The summed E-state index contributed by atoms with van der Waals surface area (Å²) in [7, 11) is 1.84. The van der Waals surface area contributed by atoms with E-state index in [-0.39, 0.29) is 24.1 Å². The largest absolute Gasteiger partial charge is 0.373 e. The quantitative estimate of drug-likeness (QED) is 0.924. The van der Waals surface area contributed by atoms with E-state index in [2.05, 4.69) is 28.2 Å². The lowest BCUT2D eigenvalue weighted by molar-refractivity contribution is 0.0325. The zero-order valence-electron chi connectivity index (χ0n) is 10.0. The molecule has 1 fully saturated rings. The molecule has 0 bridgehead atoms. The van der Waals surface area contributed by atoms with Crippen LogP contribution in [0.3, 0.4) is 0 Å². The summed E-state index contributed by atoms with van der Waals surface area (Å²) < 4.78 is 20.4. The average Bonchev–Trinajstić information content (AvgIpc) is 2.72. The summed E-state index contributed by atoms with van der Waals surface area (Å²) in [6.45, 7) is 2.06. The Hall–Kier alpha value is -0.450. The van der Waals surface area contributed by atoms with E-state index in [4.69, 9.17) is 4.74 Å². The lowest BCUT2D eigenvalue weighted by Crippen LogP contribution is -2.30. The van der Waals surface area contributed by atoms with Gasteiger partial charge in [-0.1, -0.05) is 12.1 Å². The van der Waals surface area contributed by atoms with Crippen LogP contribution in [0.1, 0.15) is 31.4 Å². The van der Waals surface area contributed by atoms with E-state index in [0.29, 0.717) is 10.0 Å². The van der Waals surface area contributed by atoms with Crippen molar-refractivity contribution in [3.63, 3.8) is 0 Å². The van der Waals surface area contributed by atoms with E-state index in [1.165, 1.54) is 0 Å². The summed E-state index contributed by atoms with van der Waals surface area (Å²) in [4.78, 5) is 0. The Morgan fingerprint density at radius 1 is 1.47 bits per heavy atom. The third-order valence-electron chi connectivity index (χ3n) is 3.26. The van der Waals surface area contributed by atoms with E-state index in [0.717, 1.165) is 12.8 Å². The number of likely N-dealkylation sites (N-methyl/N-ethyl adjacent to an activating group) is 1. The molecule has 1 heterocycles. The van der Waals surface area contributed by atoms with Gasteiger partial charge in [0.05, 0.1) is 22.7 Å². The van der Waals surface area contributed by atoms with Crippen LogP contribution in [0.5, 0.6) is 0 Å². The number of hydrogen-bond acceptors (Lipinski definition) is 2. The summed E-state index contributed by atoms with van der Waals surface area (Å²) in [5.41, 5.74) is 0.668. The van der Waals surface area contributed by atoms with E-state index in [9.17, 15) is 4.39 Å². The van der Waals surface area contributed by atoms with E-state index in [1.807, 2.05) is 19.2 Å².